The molecule has 28 heavy (non-hydrogen) atoms. The summed E-state index contributed by atoms with van der Waals surface area (Å²) < 4.78 is 27.6. The molecule has 1 aliphatic heterocycles. The van der Waals surface area contributed by atoms with E-state index < -0.39 is 10.0 Å². The molecule has 1 aliphatic carbocycles. The lowest BCUT2D eigenvalue weighted by Crippen LogP contribution is -2.51. The number of aryl methyl sites for hydroxylation is 2. The Morgan fingerprint density at radius 1 is 1.07 bits per heavy atom. The number of nitrogens with zero attached hydrogens (tertiary/aromatic N) is 2. The fourth-order valence-electron chi connectivity index (χ4n) is 3.91. The second-order valence-corrected chi connectivity index (χ2v) is 10.3. The van der Waals surface area contributed by atoms with E-state index in [0.717, 1.165) is 25.7 Å². The first-order chi connectivity index (χ1) is 13.4. The summed E-state index contributed by atoms with van der Waals surface area (Å²) in [6, 6.07) is 5.62. The number of carbonyl (C=O) groups excluding carboxylic acids is 1. The monoisotopic (exact) mass is 407 g/mol. The number of benzene rings is 1. The summed E-state index contributed by atoms with van der Waals surface area (Å²) in [5.41, 5.74) is 2.47. The van der Waals surface area contributed by atoms with Gasteiger partial charge in [-0.2, -0.15) is 4.31 Å². The predicted octanol–water partition coefficient (Wildman–Crippen LogP) is 2.03. The zero-order chi connectivity index (χ0) is 20.1. The van der Waals surface area contributed by atoms with Crippen molar-refractivity contribution >= 4 is 15.9 Å². The van der Waals surface area contributed by atoms with Gasteiger partial charge in [0.05, 0.1) is 11.4 Å². The van der Waals surface area contributed by atoms with Gasteiger partial charge < -0.3 is 5.32 Å². The SMILES string of the molecule is CC(C)CCNC(=O)CN1CCN(S(=O)(=O)c2ccc3c(c2)CCCC3)CC1. The Balaban J connectivity index is 1.53. The molecule has 6 nitrogen and oxygen atoms in total. The summed E-state index contributed by atoms with van der Waals surface area (Å²) in [5.74, 6) is 0.587. The van der Waals surface area contributed by atoms with Crippen LogP contribution in [0.15, 0.2) is 23.1 Å². The zero-order valence-electron chi connectivity index (χ0n) is 17.1. The maximum Gasteiger partial charge on any atom is 0.243 e. The fraction of sp³-hybridized carbons (Fsp3) is 0.667. The van der Waals surface area contributed by atoms with Gasteiger partial charge in [-0.1, -0.05) is 19.9 Å². The van der Waals surface area contributed by atoms with Gasteiger partial charge in [-0.15, -0.1) is 0 Å². The third-order valence-electron chi connectivity index (χ3n) is 5.70. The molecule has 0 atom stereocenters. The summed E-state index contributed by atoms with van der Waals surface area (Å²) in [5, 5.41) is 2.95. The minimum absolute atomic E-state index is 0.0200. The van der Waals surface area contributed by atoms with Crippen molar-refractivity contribution in [1.29, 1.82) is 0 Å². The largest absolute Gasteiger partial charge is 0.355 e. The maximum atomic E-state index is 13.0. The van der Waals surface area contributed by atoms with Crippen LogP contribution >= 0.6 is 0 Å². The summed E-state index contributed by atoms with van der Waals surface area (Å²) in [4.78, 5) is 14.5. The predicted molar refractivity (Wildman–Crippen MR) is 111 cm³/mol. The standard InChI is InChI=1S/C21H33N3O3S/c1-17(2)9-10-22-21(25)16-23-11-13-24(14-12-23)28(26,27)20-8-7-18-5-3-4-6-19(18)15-20/h7-8,15,17H,3-6,9-14,16H2,1-2H3,(H,22,25). The van der Waals surface area contributed by atoms with Gasteiger partial charge in [0.1, 0.15) is 0 Å². The van der Waals surface area contributed by atoms with Crippen molar-refractivity contribution < 1.29 is 13.2 Å². The van der Waals surface area contributed by atoms with Gasteiger partial charge in [-0.25, -0.2) is 8.42 Å². The number of nitrogens with one attached hydrogen (secondary N) is 1. The number of sulfonamides is 1. The Morgan fingerprint density at radius 2 is 1.75 bits per heavy atom. The van der Waals surface area contributed by atoms with E-state index in [1.54, 1.807) is 10.4 Å². The summed E-state index contributed by atoms with van der Waals surface area (Å²) in [7, 11) is -3.47. The number of fused-ring (bicyclic) bond motifs is 1. The molecule has 3 rings (SSSR count). The maximum absolute atomic E-state index is 13.0. The number of amides is 1. The van der Waals surface area contributed by atoms with Crippen molar-refractivity contribution in [2.45, 2.75) is 50.8 Å². The van der Waals surface area contributed by atoms with E-state index in [1.807, 2.05) is 17.0 Å². The molecule has 0 radical (unpaired) electrons. The first-order valence-electron chi connectivity index (χ1n) is 10.5. The zero-order valence-corrected chi connectivity index (χ0v) is 17.9. The normalized spacial score (nSPS) is 18.8. The smallest absolute Gasteiger partial charge is 0.243 e. The minimum atomic E-state index is -3.47. The van der Waals surface area contributed by atoms with Crippen LogP contribution in [0, 0.1) is 5.92 Å². The molecule has 1 aromatic rings. The summed E-state index contributed by atoms with van der Waals surface area (Å²) in [6.07, 6.45) is 5.31. The second-order valence-electron chi connectivity index (χ2n) is 8.35. The summed E-state index contributed by atoms with van der Waals surface area (Å²) in [6.45, 7) is 7.33. The van der Waals surface area contributed by atoms with Crippen LogP contribution in [0.25, 0.3) is 0 Å². The van der Waals surface area contributed by atoms with Crippen molar-refractivity contribution in [3.8, 4) is 0 Å². The molecule has 0 saturated carbocycles. The third kappa shape index (κ3) is 5.33. The van der Waals surface area contributed by atoms with Crippen molar-refractivity contribution in [2.24, 2.45) is 5.92 Å². The Morgan fingerprint density at radius 3 is 2.43 bits per heavy atom. The first kappa shape index (κ1) is 21.3. The van der Waals surface area contributed by atoms with Crippen LogP contribution in [-0.4, -0.2) is 62.8 Å². The minimum Gasteiger partial charge on any atom is -0.355 e. The molecule has 1 fully saturated rings. The van der Waals surface area contributed by atoms with Gasteiger partial charge in [0, 0.05) is 32.7 Å². The molecule has 0 unspecified atom stereocenters. The highest BCUT2D eigenvalue weighted by molar-refractivity contribution is 7.89. The molecule has 0 bridgehead atoms. The van der Waals surface area contributed by atoms with Crippen molar-refractivity contribution in [1.82, 2.24) is 14.5 Å². The highest BCUT2D eigenvalue weighted by Crippen LogP contribution is 2.26. The molecule has 1 aromatic carbocycles. The van der Waals surface area contributed by atoms with Crippen LogP contribution in [0.3, 0.4) is 0 Å². The molecular formula is C21H33N3O3S. The molecule has 1 heterocycles. The van der Waals surface area contributed by atoms with E-state index in [-0.39, 0.29) is 5.91 Å². The Kier molecular flexibility index (Phi) is 7.12. The van der Waals surface area contributed by atoms with Gasteiger partial charge in [-0.3, -0.25) is 9.69 Å². The number of carbonyl (C=O) groups is 1. The molecule has 7 heteroatoms. The van der Waals surface area contributed by atoms with Crippen LogP contribution in [0.4, 0.5) is 0 Å². The Bertz CT molecular complexity index is 784. The van der Waals surface area contributed by atoms with E-state index in [1.165, 1.54) is 17.5 Å². The average Bonchev–Trinajstić information content (AvgIpc) is 2.67. The molecule has 1 N–H and O–H groups in total. The van der Waals surface area contributed by atoms with Gasteiger partial charge in [-0.05, 0) is 61.3 Å². The molecule has 2 aliphatic rings. The van der Waals surface area contributed by atoms with Gasteiger partial charge in [0.25, 0.3) is 0 Å². The van der Waals surface area contributed by atoms with E-state index in [9.17, 15) is 13.2 Å². The molecular weight excluding hydrogens is 374 g/mol. The third-order valence-corrected chi connectivity index (χ3v) is 7.59. The Labute approximate surface area is 169 Å². The van der Waals surface area contributed by atoms with Gasteiger partial charge in [0.15, 0.2) is 0 Å². The van der Waals surface area contributed by atoms with E-state index in [4.69, 9.17) is 0 Å². The molecule has 1 saturated heterocycles. The van der Waals surface area contributed by atoms with Crippen molar-refractivity contribution in [3.05, 3.63) is 29.3 Å². The highest BCUT2D eigenvalue weighted by Gasteiger charge is 2.29. The lowest BCUT2D eigenvalue weighted by atomic mass is 9.92. The first-order valence-corrected chi connectivity index (χ1v) is 11.9. The topological polar surface area (TPSA) is 69.7 Å². The van der Waals surface area contributed by atoms with E-state index in [0.29, 0.717) is 50.1 Å². The van der Waals surface area contributed by atoms with E-state index >= 15 is 0 Å². The summed E-state index contributed by atoms with van der Waals surface area (Å²) >= 11 is 0. The number of piperazine rings is 1. The van der Waals surface area contributed by atoms with Crippen molar-refractivity contribution in [2.75, 3.05) is 39.3 Å². The van der Waals surface area contributed by atoms with Crippen molar-refractivity contribution in [3.63, 3.8) is 0 Å². The number of hydrogen-bond acceptors (Lipinski definition) is 4. The lowest BCUT2D eigenvalue weighted by Gasteiger charge is -2.33. The molecule has 1 amide bonds. The van der Waals surface area contributed by atoms with E-state index in [2.05, 4.69) is 19.2 Å². The fourth-order valence-corrected chi connectivity index (χ4v) is 5.38. The van der Waals surface area contributed by atoms with Crippen LogP contribution in [0.1, 0.15) is 44.2 Å². The Hall–Kier alpha value is -1.44. The molecule has 0 spiro atoms. The van der Waals surface area contributed by atoms with Crippen LogP contribution in [0.2, 0.25) is 0 Å². The van der Waals surface area contributed by atoms with Gasteiger partial charge in [0.2, 0.25) is 15.9 Å². The highest BCUT2D eigenvalue weighted by atomic mass is 32.2. The average molecular weight is 408 g/mol. The van der Waals surface area contributed by atoms with Crippen LogP contribution < -0.4 is 5.32 Å². The number of rotatable bonds is 7. The lowest BCUT2D eigenvalue weighted by molar-refractivity contribution is -0.122. The van der Waals surface area contributed by atoms with Gasteiger partial charge >= 0.3 is 0 Å². The second kappa shape index (κ2) is 9.37. The molecule has 0 aromatic heterocycles. The van der Waals surface area contributed by atoms with Crippen LogP contribution in [0.5, 0.6) is 0 Å². The molecule has 156 valence electrons. The van der Waals surface area contributed by atoms with Crippen LogP contribution in [-0.2, 0) is 27.7 Å². The number of hydrogen-bond donors (Lipinski definition) is 1. The quantitative estimate of drug-likeness (QED) is 0.751.